The average molecular weight is 257 g/mol. The molecule has 0 atom stereocenters. The Hall–Kier alpha value is -1.06. The number of aliphatic hydroxyl groups is 1. The summed E-state index contributed by atoms with van der Waals surface area (Å²) in [4.78, 5) is 11.9. The number of hydrogen-bond donors (Lipinski definition) is 1. The van der Waals surface area contributed by atoms with E-state index in [0.717, 1.165) is 0 Å². The Bertz CT molecular complexity index is 419. The lowest BCUT2D eigenvalue weighted by Gasteiger charge is -2.36. The molecule has 0 bridgehead atoms. The van der Waals surface area contributed by atoms with Crippen molar-refractivity contribution in [2.24, 2.45) is 0 Å². The molecule has 1 aromatic rings. The van der Waals surface area contributed by atoms with Gasteiger partial charge in [0.05, 0.1) is 11.2 Å². The quantitative estimate of drug-likeness (QED) is 0.846. The van der Waals surface area contributed by atoms with E-state index in [1.165, 1.54) is 6.07 Å². The molecule has 0 saturated carbocycles. The van der Waals surface area contributed by atoms with Crippen LogP contribution in [0.5, 0.6) is 0 Å². The van der Waals surface area contributed by atoms with Crippen molar-refractivity contribution in [2.45, 2.75) is 38.9 Å². The van der Waals surface area contributed by atoms with Crippen molar-refractivity contribution in [2.75, 3.05) is 0 Å². The van der Waals surface area contributed by atoms with E-state index in [1.54, 1.807) is 45.9 Å². The zero-order chi connectivity index (χ0) is 13.3. The van der Waals surface area contributed by atoms with E-state index in [0.29, 0.717) is 10.6 Å². The summed E-state index contributed by atoms with van der Waals surface area (Å²) in [7, 11) is 0. The van der Waals surface area contributed by atoms with Crippen LogP contribution in [0.2, 0.25) is 5.02 Å². The molecule has 0 aromatic heterocycles. The van der Waals surface area contributed by atoms with Crippen LogP contribution in [0.1, 0.15) is 38.1 Å². The fourth-order valence-corrected chi connectivity index (χ4v) is 1.22. The molecule has 0 aliphatic rings. The molecule has 94 valence electrons. The minimum atomic E-state index is -1.12. The molecule has 0 amide bonds. The second-order valence-electron chi connectivity index (χ2n) is 4.97. The molecule has 17 heavy (non-hydrogen) atoms. The highest BCUT2D eigenvalue weighted by Gasteiger charge is 2.39. The summed E-state index contributed by atoms with van der Waals surface area (Å²) >= 11 is 5.79. The maximum Gasteiger partial charge on any atom is 0.338 e. The van der Waals surface area contributed by atoms with Gasteiger partial charge in [-0.15, -0.1) is 0 Å². The van der Waals surface area contributed by atoms with E-state index in [9.17, 15) is 9.90 Å². The highest BCUT2D eigenvalue weighted by molar-refractivity contribution is 6.30. The first-order valence-electron chi connectivity index (χ1n) is 5.35. The molecule has 0 spiro atoms. The van der Waals surface area contributed by atoms with Gasteiger partial charge in [-0.2, -0.15) is 0 Å². The van der Waals surface area contributed by atoms with Crippen LogP contribution in [-0.4, -0.2) is 22.3 Å². The van der Waals surface area contributed by atoms with Crippen molar-refractivity contribution in [1.82, 2.24) is 0 Å². The minimum Gasteiger partial charge on any atom is -0.453 e. The maximum atomic E-state index is 11.9. The van der Waals surface area contributed by atoms with Crippen LogP contribution in [0.15, 0.2) is 24.3 Å². The number of carbonyl (C=O) groups is 1. The maximum absolute atomic E-state index is 11.9. The fourth-order valence-electron chi connectivity index (χ4n) is 1.03. The Morgan fingerprint density at radius 1 is 1.29 bits per heavy atom. The van der Waals surface area contributed by atoms with Crippen molar-refractivity contribution < 1.29 is 14.6 Å². The Kier molecular flexibility index (Phi) is 3.84. The Morgan fingerprint density at radius 2 is 1.88 bits per heavy atom. The van der Waals surface area contributed by atoms with E-state index in [4.69, 9.17) is 16.3 Å². The van der Waals surface area contributed by atoms with Crippen LogP contribution in [0, 0.1) is 0 Å². The number of benzene rings is 1. The van der Waals surface area contributed by atoms with Crippen LogP contribution in [0.4, 0.5) is 0 Å². The molecule has 0 radical (unpaired) electrons. The van der Waals surface area contributed by atoms with Gasteiger partial charge >= 0.3 is 5.97 Å². The molecule has 1 rings (SSSR count). The van der Waals surface area contributed by atoms with Crippen molar-refractivity contribution >= 4 is 17.6 Å². The average Bonchev–Trinajstić information content (AvgIpc) is 2.15. The normalized spacial score (nSPS) is 12.4. The highest BCUT2D eigenvalue weighted by atomic mass is 35.5. The molecular formula is C13H17ClO3. The zero-order valence-electron chi connectivity index (χ0n) is 10.5. The van der Waals surface area contributed by atoms with Crippen LogP contribution in [0.3, 0.4) is 0 Å². The van der Waals surface area contributed by atoms with Crippen LogP contribution in [-0.2, 0) is 4.74 Å². The standard InChI is InChI=1S/C13H17ClO3/c1-12(2,16)13(3,4)17-11(15)9-6-5-7-10(14)8-9/h5-8,16H,1-4H3. The van der Waals surface area contributed by atoms with Gasteiger partial charge in [0, 0.05) is 5.02 Å². The first-order chi connectivity index (χ1) is 7.63. The topological polar surface area (TPSA) is 46.5 Å². The van der Waals surface area contributed by atoms with Gasteiger partial charge in [0.1, 0.15) is 5.60 Å². The molecule has 0 saturated heterocycles. The Morgan fingerprint density at radius 3 is 2.35 bits per heavy atom. The summed E-state index contributed by atoms with van der Waals surface area (Å²) in [6, 6.07) is 6.51. The second kappa shape index (κ2) is 4.67. The molecule has 3 nitrogen and oxygen atoms in total. The summed E-state index contributed by atoms with van der Waals surface area (Å²) in [5.41, 5.74) is -1.73. The fraction of sp³-hybridized carbons (Fsp3) is 0.462. The lowest BCUT2D eigenvalue weighted by atomic mass is 9.89. The van der Waals surface area contributed by atoms with Gasteiger partial charge in [0.15, 0.2) is 0 Å². The van der Waals surface area contributed by atoms with Crippen molar-refractivity contribution in [3.05, 3.63) is 34.9 Å². The van der Waals surface area contributed by atoms with Gasteiger partial charge in [-0.05, 0) is 45.9 Å². The number of rotatable bonds is 3. The van der Waals surface area contributed by atoms with Gasteiger partial charge in [0.2, 0.25) is 0 Å². The van der Waals surface area contributed by atoms with E-state index in [-0.39, 0.29) is 0 Å². The SMILES string of the molecule is CC(C)(O)C(C)(C)OC(=O)c1cccc(Cl)c1. The minimum absolute atomic E-state index is 0.370. The molecule has 1 aromatic carbocycles. The predicted molar refractivity (Wildman–Crippen MR) is 67.2 cm³/mol. The van der Waals surface area contributed by atoms with Gasteiger partial charge in [-0.1, -0.05) is 17.7 Å². The molecule has 0 aliphatic heterocycles. The molecule has 0 heterocycles. The molecule has 1 N–H and O–H groups in total. The first kappa shape index (κ1) is 14.0. The van der Waals surface area contributed by atoms with Gasteiger partial charge < -0.3 is 9.84 Å². The first-order valence-corrected chi connectivity index (χ1v) is 5.72. The molecule has 4 heteroatoms. The van der Waals surface area contributed by atoms with Gasteiger partial charge in [-0.3, -0.25) is 0 Å². The van der Waals surface area contributed by atoms with E-state index >= 15 is 0 Å². The molecule has 0 fully saturated rings. The number of esters is 1. The summed E-state index contributed by atoms with van der Waals surface area (Å²) in [6.07, 6.45) is 0. The summed E-state index contributed by atoms with van der Waals surface area (Å²) in [6.45, 7) is 6.52. The smallest absolute Gasteiger partial charge is 0.338 e. The number of ether oxygens (including phenoxy) is 1. The van der Waals surface area contributed by atoms with Crippen molar-refractivity contribution in [3.8, 4) is 0 Å². The second-order valence-corrected chi connectivity index (χ2v) is 5.41. The predicted octanol–water partition coefficient (Wildman–Crippen LogP) is 3.05. The summed E-state index contributed by atoms with van der Waals surface area (Å²) in [5.74, 6) is -0.500. The monoisotopic (exact) mass is 256 g/mol. The lowest BCUT2D eigenvalue weighted by molar-refractivity contribution is -0.116. The Balaban J connectivity index is 2.87. The zero-order valence-corrected chi connectivity index (χ0v) is 11.2. The van der Waals surface area contributed by atoms with E-state index in [2.05, 4.69) is 0 Å². The molecular weight excluding hydrogens is 240 g/mol. The van der Waals surface area contributed by atoms with Gasteiger partial charge in [-0.25, -0.2) is 4.79 Å². The number of carbonyl (C=O) groups excluding carboxylic acids is 1. The number of halogens is 1. The van der Waals surface area contributed by atoms with Crippen molar-refractivity contribution in [1.29, 1.82) is 0 Å². The van der Waals surface area contributed by atoms with Crippen molar-refractivity contribution in [3.63, 3.8) is 0 Å². The third-order valence-electron chi connectivity index (χ3n) is 2.88. The van der Waals surface area contributed by atoms with Crippen LogP contribution < -0.4 is 0 Å². The summed E-state index contributed by atoms with van der Waals surface area (Å²) < 4.78 is 5.30. The van der Waals surface area contributed by atoms with E-state index < -0.39 is 17.2 Å². The van der Waals surface area contributed by atoms with E-state index in [1.807, 2.05) is 0 Å². The third-order valence-corrected chi connectivity index (χ3v) is 3.12. The highest BCUT2D eigenvalue weighted by Crippen LogP contribution is 2.26. The van der Waals surface area contributed by atoms with Gasteiger partial charge in [0.25, 0.3) is 0 Å². The molecule has 0 aliphatic carbocycles. The lowest BCUT2D eigenvalue weighted by Crippen LogP contribution is -2.48. The number of hydrogen-bond acceptors (Lipinski definition) is 3. The third kappa shape index (κ3) is 3.45. The molecule has 0 unspecified atom stereocenters. The van der Waals surface area contributed by atoms with Crippen LogP contribution in [0.25, 0.3) is 0 Å². The summed E-state index contributed by atoms with van der Waals surface area (Å²) in [5, 5.41) is 10.4. The Labute approximate surface area is 106 Å². The van der Waals surface area contributed by atoms with Crippen LogP contribution >= 0.6 is 11.6 Å². The largest absolute Gasteiger partial charge is 0.453 e.